The maximum absolute atomic E-state index is 12.9. The first-order valence-corrected chi connectivity index (χ1v) is 30.0. The average molecular weight is 1030 g/mol. The van der Waals surface area contributed by atoms with Gasteiger partial charge in [0.05, 0.1) is 19.8 Å². The summed E-state index contributed by atoms with van der Waals surface area (Å²) < 4.78 is 39.5. The Morgan fingerprint density at radius 2 is 0.722 bits per heavy atom. The summed E-state index contributed by atoms with van der Waals surface area (Å²) in [5.74, 6) is -1.52. The number of rotatable bonds is 52. The highest BCUT2D eigenvalue weighted by Gasteiger charge is 2.28. The topological polar surface area (TPSA) is 155 Å². The minimum absolute atomic E-state index is 0.138. The normalized spacial score (nSPS) is 14.0. The Balaban J connectivity index is 4.80. The van der Waals surface area contributed by atoms with Gasteiger partial charge in [-0.05, 0) is 116 Å². The summed E-state index contributed by atoms with van der Waals surface area (Å²) in [6.07, 6.45) is 61.1. The molecule has 12 heteroatoms. The minimum Gasteiger partial charge on any atom is -0.462 e. The van der Waals surface area contributed by atoms with Gasteiger partial charge in [-0.1, -0.05) is 189 Å². The molecule has 11 nitrogen and oxygen atoms in total. The van der Waals surface area contributed by atoms with Gasteiger partial charge in [0.1, 0.15) is 12.7 Å². The molecular weight excluding hydrogens is 928 g/mol. The molecule has 0 aliphatic carbocycles. The van der Waals surface area contributed by atoms with E-state index in [4.69, 9.17) is 23.3 Å². The molecule has 0 rings (SSSR count). The van der Waals surface area contributed by atoms with Gasteiger partial charge in [0, 0.05) is 19.3 Å². The molecule has 0 radical (unpaired) electrons. The Morgan fingerprint density at radius 3 is 1.12 bits per heavy atom. The van der Waals surface area contributed by atoms with Crippen LogP contribution in [0.2, 0.25) is 0 Å². The van der Waals surface area contributed by atoms with Crippen molar-refractivity contribution in [1.82, 2.24) is 0 Å². The number of phosphoric ester groups is 1. The fraction of sp³-hybridized carbons (Fsp3) is 0.717. The standard InChI is InChI=1S/C60H103O11P/c1-4-7-10-13-16-19-22-25-27-28-30-33-36-39-42-45-48-51-60(64)71-57(53-67-58(62)49-46-43-40-37-34-32-29-26-23-20-17-14-11-8-5-2)55-69-72(65,66)68-54-56(52-61)70-59(63)50-47-44-41-38-35-31-24-21-18-15-12-9-6-3/h9,12,16-21,25-27,29,31,35,56-57,61H,4-8,10-11,13-15,22-24,28,30,32-34,36-55H2,1-3H3,(H,65,66)/b12-9-,19-16-,20-17-,21-18-,27-25-,29-26-,35-31-. The van der Waals surface area contributed by atoms with E-state index in [1.54, 1.807) is 0 Å². The predicted molar refractivity (Wildman–Crippen MR) is 298 cm³/mol. The van der Waals surface area contributed by atoms with Crippen LogP contribution in [0.3, 0.4) is 0 Å². The first-order valence-electron chi connectivity index (χ1n) is 28.5. The van der Waals surface area contributed by atoms with E-state index in [9.17, 15) is 28.9 Å². The van der Waals surface area contributed by atoms with E-state index in [1.165, 1.54) is 57.8 Å². The molecule has 0 aromatic carbocycles. The SMILES string of the molecule is CC/C=C\C/C=C\C/C=C\CCCCCC(=O)OC(CO)COP(=O)(O)OCC(COC(=O)CCCCCCC/C=C\C/C=C\CCCCC)OC(=O)CCCCCCCCC/C=C\C/C=C\CCCCC. The highest BCUT2D eigenvalue weighted by atomic mass is 31.2. The Labute approximate surface area is 439 Å². The number of hydrogen-bond donors (Lipinski definition) is 2. The largest absolute Gasteiger partial charge is 0.472 e. The minimum atomic E-state index is -4.76. The number of phosphoric acid groups is 1. The van der Waals surface area contributed by atoms with Gasteiger partial charge in [0.15, 0.2) is 6.10 Å². The Bertz CT molecular complexity index is 1530. The van der Waals surface area contributed by atoms with Crippen LogP contribution in [0.25, 0.3) is 0 Å². The fourth-order valence-corrected chi connectivity index (χ4v) is 8.21. The predicted octanol–water partition coefficient (Wildman–Crippen LogP) is 16.7. The molecular formula is C60H103O11P. The summed E-state index contributed by atoms with van der Waals surface area (Å²) in [7, 11) is -4.76. The Hall–Kier alpha value is -3.34. The summed E-state index contributed by atoms with van der Waals surface area (Å²) >= 11 is 0. The molecule has 0 aliphatic heterocycles. The summed E-state index contributed by atoms with van der Waals surface area (Å²) in [6, 6.07) is 0. The van der Waals surface area contributed by atoms with Crippen molar-refractivity contribution in [2.45, 2.75) is 251 Å². The van der Waals surface area contributed by atoms with Crippen LogP contribution in [-0.4, -0.2) is 66.5 Å². The second-order valence-corrected chi connectivity index (χ2v) is 20.2. The Kier molecular flexibility index (Phi) is 51.4. The molecule has 0 aliphatic rings. The van der Waals surface area contributed by atoms with Gasteiger partial charge in [0.2, 0.25) is 0 Å². The third kappa shape index (κ3) is 51.6. The van der Waals surface area contributed by atoms with Crippen LogP contribution >= 0.6 is 7.82 Å². The molecule has 3 unspecified atom stereocenters. The number of carbonyl (C=O) groups is 3. The molecule has 0 aromatic rings. The lowest BCUT2D eigenvalue weighted by molar-refractivity contribution is -0.161. The summed E-state index contributed by atoms with van der Waals surface area (Å²) in [5, 5.41) is 9.79. The zero-order valence-corrected chi connectivity index (χ0v) is 46.5. The lowest BCUT2D eigenvalue weighted by Crippen LogP contribution is -2.30. The van der Waals surface area contributed by atoms with Crippen molar-refractivity contribution in [2.24, 2.45) is 0 Å². The average Bonchev–Trinajstić information content (AvgIpc) is 3.37. The molecule has 0 fully saturated rings. The van der Waals surface area contributed by atoms with Crippen molar-refractivity contribution in [1.29, 1.82) is 0 Å². The van der Waals surface area contributed by atoms with E-state index in [1.807, 2.05) is 0 Å². The lowest BCUT2D eigenvalue weighted by atomic mass is 10.1. The van der Waals surface area contributed by atoms with Gasteiger partial charge in [0.25, 0.3) is 0 Å². The van der Waals surface area contributed by atoms with Gasteiger partial charge in [-0.25, -0.2) is 4.57 Å². The van der Waals surface area contributed by atoms with Crippen LogP contribution in [0.4, 0.5) is 0 Å². The van der Waals surface area contributed by atoms with E-state index < -0.39 is 57.8 Å². The number of aliphatic hydroxyl groups is 1. The zero-order valence-electron chi connectivity index (χ0n) is 45.6. The molecule has 0 aromatic heterocycles. The smallest absolute Gasteiger partial charge is 0.462 e. The molecule has 0 amide bonds. The maximum Gasteiger partial charge on any atom is 0.472 e. The first-order chi connectivity index (χ1) is 35.2. The lowest BCUT2D eigenvalue weighted by Gasteiger charge is -2.21. The third-order valence-corrected chi connectivity index (χ3v) is 12.7. The fourth-order valence-electron chi connectivity index (χ4n) is 7.43. The van der Waals surface area contributed by atoms with Crippen LogP contribution in [-0.2, 0) is 42.2 Å². The number of allylic oxidation sites excluding steroid dienone is 14. The van der Waals surface area contributed by atoms with Crippen LogP contribution in [0.5, 0.6) is 0 Å². The first kappa shape index (κ1) is 68.7. The highest BCUT2D eigenvalue weighted by molar-refractivity contribution is 7.47. The van der Waals surface area contributed by atoms with E-state index >= 15 is 0 Å². The van der Waals surface area contributed by atoms with Crippen molar-refractivity contribution in [3.8, 4) is 0 Å². The van der Waals surface area contributed by atoms with Gasteiger partial charge in [-0.2, -0.15) is 0 Å². The second-order valence-electron chi connectivity index (χ2n) is 18.7. The van der Waals surface area contributed by atoms with Gasteiger partial charge in [-0.15, -0.1) is 0 Å². The van der Waals surface area contributed by atoms with Crippen molar-refractivity contribution in [2.75, 3.05) is 26.4 Å². The van der Waals surface area contributed by atoms with Gasteiger partial charge < -0.3 is 24.2 Å². The molecule has 72 heavy (non-hydrogen) atoms. The van der Waals surface area contributed by atoms with Crippen LogP contribution in [0.1, 0.15) is 239 Å². The third-order valence-electron chi connectivity index (χ3n) is 11.8. The molecule has 0 saturated heterocycles. The van der Waals surface area contributed by atoms with Gasteiger partial charge in [-0.3, -0.25) is 23.4 Å². The number of aliphatic hydroxyl groups excluding tert-OH is 1. The maximum atomic E-state index is 12.9. The monoisotopic (exact) mass is 1030 g/mol. The van der Waals surface area contributed by atoms with E-state index in [0.29, 0.717) is 19.3 Å². The van der Waals surface area contributed by atoms with E-state index in [-0.39, 0.29) is 25.9 Å². The number of hydrogen-bond acceptors (Lipinski definition) is 10. The van der Waals surface area contributed by atoms with Crippen molar-refractivity contribution >= 4 is 25.7 Å². The zero-order chi connectivity index (χ0) is 52.7. The number of unbranched alkanes of at least 4 members (excludes halogenated alkanes) is 21. The molecule has 0 bridgehead atoms. The van der Waals surface area contributed by atoms with Crippen LogP contribution < -0.4 is 0 Å². The molecule has 414 valence electrons. The van der Waals surface area contributed by atoms with Crippen molar-refractivity contribution in [3.63, 3.8) is 0 Å². The molecule has 0 spiro atoms. The molecule has 2 N–H and O–H groups in total. The number of carbonyl (C=O) groups excluding carboxylic acids is 3. The summed E-state index contributed by atoms with van der Waals surface area (Å²) in [4.78, 5) is 48.5. The summed E-state index contributed by atoms with van der Waals surface area (Å²) in [6.45, 7) is 4.42. The highest BCUT2D eigenvalue weighted by Crippen LogP contribution is 2.43. The quantitative estimate of drug-likeness (QED) is 0.0197. The number of ether oxygens (including phenoxy) is 3. The van der Waals surface area contributed by atoms with Crippen molar-refractivity contribution in [3.05, 3.63) is 85.1 Å². The van der Waals surface area contributed by atoms with Crippen molar-refractivity contribution < 1.29 is 52.2 Å². The summed E-state index contributed by atoms with van der Waals surface area (Å²) in [5.41, 5.74) is 0. The molecule has 0 heterocycles. The molecule has 0 saturated carbocycles. The van der Waals surface area contributed by atoms with Gasteiger partial charge >= 0.3 is 25.7 Å². The van der Waals surface area contributed by atoms with E-state index in [0.717, 1.165) is 122 Å². The second kappa shape index (κ2) is 53.9. The van der Waals surface area contributed by atoms with Crippen LogP contribution in [0, 0.1) is 0 Å². The van der Waals surface area contributed by atoms with Crippen LogP contribution in [0.15, 0.2) is 85.1 Å². The number of esters is 3. The molecule has 3 atom stereocenters. The van der Waals surface area contributed by atoms with E-state index in [2.05, 4.69) is 106 Å². The Morgan fingerprint density at radius 1 is 0.403 bits per heavy atom.